The Labute approximate surface area is 139 Å². The fraction of sp³-hybridized carbons (Fsp3) is 0.250. The fourth-order valence-electron chi connectivity index (χ4n) is 2.11. The first kappa shape index (κ1) is 17.7. The summed E-state index contributed by atoms with van der Waals surface area (Å²) < 4.78 is 52.9. The summed E-state index contributed by atoms with van der Waals surface area (Å²) >= 11 is 5.62. The van der Waals surface area contributed by atoms with Crippen molar-refractivity contribution in [1.29, 1.82) is 0 Å². The van der Waals surface area contributed by atoms with Crippen molar-refractivity contribution in [3.63, 3.8) is 0 Å². The average Bonchev–Trinajstić information content (AvgIpc) is 2.54. The van der Waals surface area contributed by atoms with Crippen molar-refractivity contribution < 1.29 is 17.2 Å². The summed E-state index contributed by atoms with van der Waals surface area (Å²) in [4.78, 5) is 0.0123. The maximum absolute atomic E-state index is 13.8. The van der Waals surface area contributed by atoms with E-state index in [1.807, 2.05) is 0 Å². The van der Waals surface area contributed by atoms with E-state index >= 15 is 0 Å². The molecule has 0 amide bonds. The third-order valence-corrected chi connectivity index (χ3v) is 5.48. The lowest BCUT2D eigenvalue weighted by Crippen LogP contribution is -2.27. The van der Waals surface area contributed by atoms with Gasteiger partial charge in [-0.15, -0.1) is 11.6 Å². The van der Waals surface area contributed by atoms with Crippen molar-refractivity contribution in [2.75, 3.05) is 17.2 Å². The minimum absolute atomic E-state index is 0.0123. The Morgan fingerprint density at radius 2 is 1.74 bits per heavy atom. The molecule has 0 saturated heterocycles. The van der Waals surface area contributed by atoms with Gasteiger partial charge in [0.15, 0.2) is 0 Å². The molecule has 7 heteroatoms. The SMILES string of the molecule is CN(c1cc(F)ccc1F)S(=O)(=O)c1ccc(CCCCl)cc1. The monoisotopic (exact) mass is 359 g/mol. The lowest BCUT2D eigenvalue weighted by atomic mass is 10.1. The van der Waals surface area contributed by atoms with Crippen LogP contribution in [0.25, 0.3) is 0 Å². The van der Waals surface area contributed by atoms with Crippen LogP contribution in [0.5, 0.6) is 0 Å². The Bertz CT molecular complexity index is 779. The molecular weight excluding hydrogens is 344 g/mol. The van der Waals surface area contributed by atoms with E-state index in [1.54, 1.807) is 12.1 Å². The smallest absolute Gasteiger partial charge is 0.264 e. The highest BCUT2D eigenvalue weighted by molar-refractivity contribution is 7.92. The number of aryl methyl sites for hydroxylation is 1. The van der Waals surface area contributed by atoms with E-state index in [4.69, 9.17) is 11.6 Å². The Hall–Kier alpha value is -1.66. The normalized spacial score (nSPS) is 11.5. The molecule has 0 atom stereocenters. The van der Waals surface area contributed by atoms with E-state index in [0.29, 0.717) is 5.88 Å². The third kappa shape index (κ3) is 4.00. The molecule has 0 N–H and O–H groups in total. The number of hydrogen-bond donors (Lipinski definition) is 0. The van der Waals surface area contributed by atoms with E-state index < -0.39 is 21.7 Å². The second kappa shape index (κ2) is 7.27. The first-order chi connectivity index (χ1) is 10.9. The van der Waals surface area contributed by atoms with Gasteiger partial charge in [0.05, 0.1) is 10.6 Å². The fourth-order valence-corrected chi connectivity index (χ4v) is 3.44. The predicted octanol–water partition coefficient (Wildman–Crippen LogP) is 3.96. The Morgan fingerprint density at radius 3 is 2.35 bits per heavy atom. The standard InChI is InChI=1S/C16H16ClF2NO2S/c1-20(16-11-13(18)6-9-15(16)19)23(21,22)14-7-4-12(5-8-14)3-2-10-17/h4-9,11H,2-3,10H2,1H3. The Kier molecular flexibility index (Phi) is 5.59. The first-order valence-corrected chi connectivity index (χ1v) is 8.92. The number of halogens is 3. The Balaban J connectivity index is 2.31. The topological polar surface area (TPSA) is 37.4 Å². The number of nitrogens with zero attached hydrogens (tertiary/aromatic N) is 1. The minimum Gasteiger partial charge on any atom is -0.266 e. The molecule has 0 aliphatic carbocycles. The van der Waals surface area contributed by atoms with Gasteiger partial charge in [-0.3, -0.25) is 4.31 Å². The van der Waals surface area contributed by atoms with Crippen molar-refractivity contribution in [2.24, 2.45) is 0 Å². The molecule has 0 radical (unpaired) electrons. The molecule has 0 heterocycles. The van der Waals surface area contributed by atoms with Crippen LogP contribution in [-0.2, 0) is 16.4 Å². The van der Waals surface area contributed by atoms with Crippen molar-refractivity contribution in [3.8, 4) is 0 Å². The molecule has 2 rings (SSSR count). The van der Waals surface area contributed by atoms with Gasteiger partial charge in [-0.05, 0) is 42.7 Å². The average molecular weight is 360 g/mol. The summed E-state index contributed by atoms with van der Waals surface area (Å²) in [5, 5.41) is 0. The molecule has 3 nitrogen and oxygen atoms in total. The summed E-state index contributed by atoms with van der Waals surface area (Å²) in [5.74, 6) is -0.988. The third-order valence-electron chi connectivity index (χ3n) is 3.43. The predicted molar refractivity (Wildman–Crippen MR) is 87.4 cm³/mol. The van der Waals surface area contributed by atoms with Crippen LogP contribution in [0.15, 0.2) is 47.4 Å². The zero-order valence-electron chi connectivity index (χ0n) is 12.5. The maximum atomic E-state index is 13.8. The minimum atomic E-state index is -3.97. The van der Waals surface area contributed by atoms with E-state index in [0.717, 1.165) is 40.9 Å². The zero-order chi connectivity index (χ0) is 17.0. The highest BCUT2D eigenvalue weighted by Crippen LogP contribution is 2.25. The van der Waals surface area contributed by atoms with E-state index in [1.165, 1.54) is 19.2 Å². The van der Waals surface area contributed by atoms with Crippen molar-refractivity contribution in [1.82, 2.24) is 0 Å². The number of benzene rings is 2. The molecule has 0 spiro atoms. The molecule has 124 valence electrons. The van der Waals surface area contributed by atoms with Gasteiger partial charge in [-0.1, -0.05) is 12.1 Å². The molecule has 0 aliphatic heterocycles. The van der Waals surface area contributed by atoms with Crippen LogP contribution in [0.1, 0.15) is 12.0 Å². The van der Waals surface area contributed by atoms with Crippen LogP contribution >= 0.6 is 11.6 Å². The van der Waals surface area contributed by atoms with Gasteiger partial charge in [-0.25, -0.2) is 17.2 Å². The van der Waals surface area contributed by atoms with Gasteiger partial charge in [0, 0.05) is 19.0 Å². The van der Waals surface area contributed by atoms with E-state index in [9.17, 15) is 17.2 Å². The number of alkyl halides is 1. The summed E-state index contributed by atoms with van der Waals surface area (Å²) in [6, 6.07) is 8.96. The molecular formula is C16H16ClF2NO2S. The molecule has 2 aromatic carbocycles. The van der Waals surface area contributed by atoms with Gasteiger partial charge in [0.1, 0.15) is 11.6 Å². The molecule has 0 fully saturated rings. The molecule has 0 saturated carbocycles. The van der Waals surface area contributed by atoms with Crippen molar-refractivity contribution in [3.05, 3.63) is 59.7 Å². The van der Waals surface area contributed by atoms with Crippen LogP contribution < -0.4 is 4.31 Å². The van der Waals surface area contributed by atoms with Gasteiger partial charge < -0.3 is 0 Å². The number of sulfonamides is 1. The highest BCUT2D eigenvalue weighted by Gasteiger charge is 2.23. The molecule has 0 aromatic heterocycles. The molecule has 0 bridgehead atoms. The second-order valence-corrected chi connectivity index (χ2v) is 7.35. The summed E-state index contributed by atoms with van der Waals surface area (Å²) in [6.07, 6.45) is 1.54. The summed E-state index contributed by atoms with van der Waals surface area (Å²) in [5.41, 5.74) is 0.625. The highest BCUT2D eigenvalue weighted by atomic mass is 35.5. The largest absolute Gasteiger partial charge is 0.266 e. The first-order valence-electron chi connectivity index (χ1n) is 6.95. The lowest BCUT2D eigenvalue weighted by Gasteiger charge is -2.20. The number of hydrogen-bond acceptors (Lipinski definition) is 2. The summed E-state index contributed by atoms with van der Waals surface area (Å²) in [7, 11) is -2.78. The zero-order valence-corrected chi connectivity index (χ0v) is 14.0. The van der Waals surface area contributed by atoms with Gasteiger partial charge in [0.25, 0.3) is 10.0 Å². The van der Waals surface area contributed by atoms with Gasteiger partial charge in [-0.2, -0.15) is 0 Å². The maximum Gasteiger partial charge on any atom is 0.264 e. The van der Waals surface area contributed by atoms with E-state index in [-0.39, 0.29) is 10.6 Å². The molecule has 0 unspecified atom stereocenters. The van der Waals surface area contributed by atoms with Crippen LogP contribution in [0.2, 0.25) is 0 Å². The lowest BCUT2D eigenvalue weighted by molar-refractivity contribution is 0.585. The summed E-state index contributed by atoms with van der Waals surface area (Å²) in [6.45, 7) is 0. The van der Waals surface area contributed by atoms with Crippen LogP contribution in [0, 0.1) is 11.6 Å². The Morgan fingerprint density at radius 1 is 1.09 bits per heavy atom. The molecule has 0 aliphatic rings. The second-order valence-electron chi connectivity index (χ2n) is 5.00. The van der Waals surface area contributed by atoms with Crippen molar-refractivity contribution >= 4 is 27.3 Å². The van der Waals surface area contributed by atoms with E-state index in [2.05, 4.69) is 0 Å². The number of anilines is 1. The van der Waals surface area contributed by atoms with Crippen LogP contribution in [-0.4, -0.2) is 21.3 Å². The molecule has 23 heavy (non-hydrogen) atoms. The van der Waals surface area contributed by atoms with Crippen LogP contribution in [0.4, 0.5) is 14.5 Å². The molecule has 2 aromatic rings. The van der Waals surface area contributed by atoms with Gasteiger partial charge in [0.2, 0.25) is 0 Å². The van der Waals surface area contributed by atoms with Gasteiger partial charge >= 0.3 is 0 Å². The van der Waals surface area contributed by atoms with Crippen molar-refractivity contribution in [2.45, 2.75) is 17.7 Å². The number of rotatable bonds is 6. The quantitative estimate of drug-likeness (QED) is 0.732. The van der Waals surface area contributed by atoms with Crippen LogP contribution in [0.3, 0.4) is 0 Å².